The summed E-state index contributed by atoms with van der Waals surface area (Å²) in [5.74, 6) is -1.09. The number of aliphatic carboxylic acids is 1. The molecule has 13 heteroatoms. The van der Waals surface area contributed by atoms with Crippen LogP contribution in [0, 0.1) is 17.1 Å². The molecule has 262 valence electrons. The number of nitrogens with one attached hydrogen (secondary N) is 3. The van der Waals surface area contributed by atoms with E-state index in [1.165, 1.54) is 24.8 Å². The first-order valence-electron chi connectivity index (χ1n) is 15.8. The smallest absolute Gasteiger partial charge is 0.332 e. The molecular weight excluding hydrogens is 675 g/mol. The lowest BCUT2D eigenvalue weighted by molar-refractivity contribution is -0.142. The van der Waals surface area contributed by atoms with Crippen molar-refractivity contribution in [3.8, 4) is 28.7 Å². The van der Waals surface area contributed by atoms with Gasteiger partial charge in [0.2, 0.25) is 5.91 Å². The highest BCUT2D eigenvalue weighted by Crippen LogP contribution is 2.43. The number of imidazole rings is 1. The summed E-state index contributed by atoms with van der Waals surface area (Å²) >= 11 is 6.78. The van der Waals surface area contributed by atoms with Gasteiger partial charge in [-0.15, -0.1) is 0 Å². The van der Waals surface area contributed by atoms with Crippen LogP contribution in [0.1, 0.15) is 65.9 Å². The molecule has 0 bridgehead atoms. The Morgan fingerprint density at radius 3 is 2.67 bits per heavy atom. The van der Waals surface area contributed by atoms with E-state index in [0.29, 0.717) is 51.6 Å². The van der Waals surface area contributed by atoms with Crippen LogP contribution in [0.15, 0.2) is 85.6 Å². The van der Waals surface area contributed by atoms with Crippen LogP contribution in [-0.2, 0) is 29.2 Å². The molecule has 5 aromatic rings. The van der Waals surface area contributed by atoms with Crippen molar-refractivity contribution in [2.75, 3.05) is 6.54 Å². The molecule has 2 aromatic heterocycles. The molecule has 0 radical (unpaired) electrons. The second-order valence-electron chi connectivity index (χ2n) is 11.6. The maximum Gasteiger partial charge on any atom is 0.332 e. The SMILES string of the molecule is C.N#Cc1cncc(COc2cc(O[C@H]3CCc4c(-c5ccccc5F)cccc43)c(Cl)cc2CNCCC(=O)N[C@@H](C(=O)O)c2cnc[nH]2)c1. The van der Waals surface area contributed by atoms with Crippen molar-refractivity contribution in [1.29, 1.82) is 5.26 Å². The number of nitrogens with zero attached hydrogens (tertiary/aromatic N) is 3. The van der Waals surface area contributed by atoms with Gasteiger partial charge in [-0.25, -0.2) is 14.2 Å². The number of hydrogen-bond donors (Lipinski definition) is 4. The Morgan fingerprint density at radius 1 is 1.08 bits per heavy atom. The highest BCUT2D eigenvalue weighted by Gasteiger charge is 2.28. The maximum atomic E-state index is 14.7. The minimum atomic E-state index is -1.25. The summed E-state index contributed by atoms with van der Waals surface area (Å²) in [5, 5.41) is 24.8. The second kappa shape index (κ2) is 16.8. The van der Waals surface area contributed by atoms with E-state index in [-0.39, 0.29) is 51.2 Å². The van der Waals surface area contributed by atoms with E-state index in [9.17, 15) is 24.3 Å². The Balaban J connectivity index is 0.00000504. The fraction of sp³-hybridized carbons (Fsp3) is 0.237. The molecule has 11 nitrogen and oxygen atoms in total. The lowest BCUT2D eigenvalue weighted by Crippen LogP contribution is -2.35. The molecule has 51 heavy (non-hydrogen) atoms. The van der Waals surface area contributed by atoms with Crippen LogP contribution in [-0.4, -0.2) is 38.5 Å². The summed E-state index contributed by atoms with van der Waals surface area (Å²) in [6.45, 7) is 0.607. The number of nitriles is 1. The van der Waals surface area contributed by atoms with Crippen LogP contribution in [0.25, 0.3) is 11.1 Å². The number of carbonyl (C=O) groups is 2. The third-order valence-corrected chi connectivity index (χ3v) is 8.60. The van der Waals surface area contributed by atoms with Gasteiger partial charge in [-0.1, -0.05) is 55.4 Å². The molecule has 1 aliphatic rings. The molecule has 1 amide bonds. The number of ether oxygens (including phenoxy) is 2. The van der Waals surface area contributed by atoms with Gasteiger partial charge in [0.15, 0.2) is 6.04 Å². The number of hydrogen-bond acceptors (Lipinski definition) is 8. The Hall–Kier alpha value is -5.77. The number of amides is 1. The van der Waals surface area contributed by atoms with E-state index in [1.54, 1.807) is 36.5 Å². The van der Waals surface area contributed by atoms with Crippen molar-refractivity contribution < 1.29 is 28.6 Å². The van der Waals surface area contributed by atoms with Gasteiger partial charge < -0.3 is 30.2 Å². The molecular formula is C38H36ClFN6O5. The van der Waals surface area contributed by atoms with Crippen molar-refractivity contribution >= 4 is 23.5 Å². The van der Waals surface area contributed by atoms with Gasteiger partial charge >= 0.3 is 5.97 Å². The molecule has 4 N–H and O–H groups in total. The molecule has 0 saturated heterocycles. The summed E-state index contributed by atoms with van der Waals surface area (Å²) < 4.78 is 27.4. The predicted octanol–water partition coefficient (Wildman–Crippen LogP) is 6.84. The monoisotopic (exact) mass is 710 g/mol. The highest BCUT2D eigenvalue weighted by atomic mass is 35.5. The first-order valence-corrected chi connectivity index (χ1v) is 16.2. The number of rotatable bonds is 14. The van der Waals surface area contributed by atoms with E-state index in [1.807, 2.05) is 24.3 Å². The van der Waals surface area contributed by atoms with Crippen LogP contribution < -0.4 is 20.1 Å². The molecule has 0 saturated carbocycles. The highest BCUT2D eigenvalue weighted by molar-refractivity contribution is 6.32. The quantitative estimate of drug-likeness (QED) is 0.0904. The number of pyridine rings is 1. The fourth-order valence-corrected chi connectivity index (χ4v) is 6.14. The number of fused-ring (bicyclic) bond motifs is 1. The first-order chi connectivity index (χ1) is 24.3. The summed E-state index contributed by atoms with van der Waals surface area (Å²) in [4.78, 5) is 34.8. The van der Waals surface area contributed by atoms with Crippen molar-refractivity contribution in [3.63, 3.8) is 0 Å². The summed E-state index contributed by atoms with van der Waals surface area (Å²) in [6.07, 6.45) is 6.83. The Bertz CT molecular complexity index is 2050. The zero-order chi connectivity index (χ0) is 35.0. The predicted molar refractivity (Wildman–Crippen MR) is 188 cm³/mol. The Labute approximate surface area is 299 Å². The number of aromatic amines is 1. The average molecular weight is 711 g/mol. The van der Waals surface area contributed by atoms with Crippen LogP contribution in [0.3, 0.4) is 0 Å². The third-order valence-electron chi connectivity index (χ3n) is 8.31. The van der Waals surface area contributed by atoms with Gasteiger partial charge in [-0.3, -0.25) is 9.78 Å². The lowest BCUT2D eigenvalue weighted by Gasteiger charge is -2.20. The molecule has 0 fully saturated rings. The molecule has 6 rings (SSSR count). The van der Waals surface area contributed by atoms with Gasteiger partial charge in [0.25, 0.3) is 0 Å². The molecule has 1 aliphatic carbocycles. The molecule has 0 unspecified atom stereocenters. The van der Waals surface area contributed by atoms with Gasteiger partial charge in [-0.05, 0) is 47.7 Å². The zero-order valence-electron chi connectivity index (χ0n) is 26.7. The number of carboxylic acid groups (broad SMARTS) is 1. The van der Waals surface area contributed by atoms with E-state index >= 15 is 0 Å². The number of carbonyl (C=O) groups excluding carboxylic acids is 1. The van der Waals surface area contributed by atoms with Crippen molar-refractivity contribution in [2.24, 2.45) is 0 Å². The third kappa shape index (κ3) is 8.70. The average Bonchev–Trinajstić information content (AvgIpc) is 3.80. The van der Waals surface area contributed by atoms with E-state index in [2.05, 4.69) is 31.7 Å². The van der Waals surface area contributed by atoms with Crippen molar-refractivity contribution in [1.82, 2.24) is 25.6 Å². The topological polar surface area (TPSA) is 162 Å². The molecule has 3 aromatic carbocycles. The van der Waals surface area contributed by atoms with Gasteiger partial charge in [0.1, 0.15) is 36.1 Å². The second-order valence-corrected chi connectivity index (χ2v) is 12.1. The normalized spacial score (nSPS) is 13.7. The molecule has 0 aliphatic heterocycles. The molecule has 0 spiro atoms. The summed E-state index contributed by atoms with van der Waals surface area (Å²) in [6, 6.07) is 18.5. The number of aromatic nitrogens is 3. The van der Waals surface area contributed by atoms with Crippen LogP contribution in [0.5, 0.6) is 11.5 Å². The number of halogens is 2. The number of carboxylic acids is 1. The standard InChI is InChI=1S/C37H32ClFN6O5.CH4/c38-29-13-24(18-41-11-10-35(46)45-36(37(47)48)31-19-43-21-44-31)33(49-20-23-12-22(15-40)16-42-17-23)14-34(29)50-32-9-8-26-25(5-3-6-28(26)32)27-4-1-2-7-30(27)39;/h1-7,12-14,16-17,19,21,32,36,41H,8-11,18,20H2,(H,43,44)(H,45,46)(H,47,48);1H4/t32-,36+;/m0./s1. The van der Waals surface area contributed by atoms with E-state index in [4.69, 9.17) is 21.1 Å². The van der Waals surface area contributed by atoms with E-state index < -0.39 is 17.9 Å². The lowest BCUT2D eigenvalue weighted by atomic mass is 9.96. The summed E-state index contributed by atoms with van der Waals surface area (Å²) in [7, 11) is 0. The van der Waals surface area contributed by atoms with E-state index in [0.717, 1.165) is 16.7 Å². The van der Waals surface area contributed by atoms with Crippen LogP contribution >= 0.6 is 11.6 Å². The fourth-order valence-electron chi connectivity index (χ4n) is 5.91. The van der Waals surface area contributed by atoms with Crippen molar-refractivity contribution in [3.05, 3.63) is 130 Å². The Kier molecular flexibility index (Phi) is 12.0. The Morgan fingerprint density at radius 2 is 1.90 bits per heavy atom. The minimum absolute atomic E-state index is 0. The van der Waals surface area contributed by atoms with Gasteiger partial charge in [0.05, 0.1) is 28.8 Å². The van der Waals surface area contributed by atoms with Gasteiger partial charge in [0, 0.05) is 54.7 Å². The van der Waals surface area contributed by atoms with Crippen LogP contribution in [0.4, 0.5) is 4.39 Å². The summed E-state index contributed by atoms with van der Waals surface area (Å²) in [5.41, 5.74) is 5.41. The number of benzene rings is 3. The zero-order valence-corrected chi connectivity index (χ0v) is 27.4. The molecule has 2 heterocycles. The largest absolute Gasteiger partial charge is 0.488 e. The minimum Gasteiger partial charge on any atom is -0.488 e. The van der Waals surface area contributed by atoms with Gasteiger partial charge in [-0.2, -0.15) is 5.26 Å². The van der Waals surface area contributed by atoms with Crippen LogP contribution in [0.2, 0.25) is 5.02 Å². The first kappa shape index (κ1) is 36.5. The maximum absolute atomic E-state index is 14.7. The van der Waals surface area contributed by atoms with Crippen molar-refractivity contribution in [2.45, 2.75) is 52.0 Å². The molecule has 2 atom stereocenters. The number of H-pyrrole nitrogens is 1.